The second-order valence-electron chi connectivity index (χ2n) is 5.33. The third-order valence-electron chi connectivity index (χ3n) is 4.29. The van der Waals surface area contributed by atoms with Gasteiger partial charge in [0, 0.05) is 11.8 Å². The average molecular weight is 194 g/mol. The lowest BCUT2D eigenvalue weighted by atomic mass is 9.78. The molecule has 1 heteroatoms. The Bertz CT molecular complexity index is 221. The quantitative estimate of drug-likeness (QED) is 0.610. The highest BCUT2D eigenvalue weighted by atomic mass is 16.1. The fraction of sp³-hybridized carbons (Fsp3) is 0.923. The Morgan fingerprint density at radius 1 is 1.36 bits per heavy atom. The molecule has 0 aromatic rings. The molecule has 0 radical (unpaired) electrons. The van der Waals surface area contributed by atoms with Crippen molar-refractivity contribution < 1.29 is 4.79 Å². The molecule has 1 nitrogen and oxygen atoms in total. The summed E-state index contributed by atoms with van der Waals surface area (Å²) in [6, 6.07) is 0. The van der Waals surface area contributed by atoms with Crippen LogP contribution in [0.15, 0.2) is 0 Å². The second-order valence-corrected chi connectivity index (χ2v) is 5.33. The SMILES string of the molecule is CCCCCCC12CCC(CC1=O)C2. The highest BCUT2D eigenvalue weighted by molar-refractivity contribution is 5.88. The van der Waals surface area contributed by atoms with Crippen molar-refractivity contribution >= 4 is 5.78 Å². The normalized spacial score (nSPS) is 35.5. The molecule has 0 N–H and O–H groups in total. The van der Waals surface area contributed by atoms with Crippen molar-refractivity contribution in [3.63, 3.8) is 0 Å². The Hall–Kier alpha value is -0.330. The Labute approximate surface area is 87.3 Å². The van der Waals surface area contributed by atoms with Crippen LogP contribution in [-0.4, -0.2) is 5.78 Å². The van der Waals surface area contributed by atoms with Gasteiger partial charge in [-0.3, -0.25) is 4.79 Å². The number of hydrogen-bond donors (Lipinski definition) is 0. The molecule has 2 bridgehead atoms. The van der Waals surface area contributed by atoms with E-state index in [1.807, 2.05) is 0 Å². The van der Waals surface area contributed by atoms with Crippen molar-refractivity contribution in [2.24, 2.45) is 11.3 Å². The summed E-state index contributed by atoms with van der Waals surface area (Å²) in [5.74, 6) is 1.37. The van der Waals surface area contributed by atoms with Crippen molar-refractivity contribution in [2.75, 3.05) is 0 Å². The van der Waals surface area contributed by atoms with Gasteiger partial charge in [0.25, 0.3) is 0 Å². The number of carbonyl (C=O) groups is 1. The molecule has 80 valence electrons. The van der Waals surface area contributed by atoms with Crippen molar-refractivity contribution in [3.05, 3.63) is 0 Å². The monoisotopic (exact) mass is 194 g/mol. The third-order valence-corrected chi connectivity index (χ3v) is 4.29. The maximum Gasteiger partial charge on any atom is 0.139 e. The van der Waals surface area contributed by atoms with E-state index in [4.69, 9.17) is 0 Å². The van der Waals surface area contributed by atoms with Gasteiger partial charge in [-0.1, -0.05) is 32.6 Å². The summed E-state index contributed by atoms with van der Waals surface area (Å²) in [6.45, 7) is 2.24. The zero-order chi connectivity index (χ0) is 10.0. The molecule has 0 spiro atoms. The molecule has 0 aromatic carbocycles. The summed E-state index contributed by atoms with van der Waals surface area (Å²) in [5, 5.41) is 0. The predicted molar refractivity (Wildman–Crippen MR) is 58.2 cm³/mol. The maximum absolute atomic E-state index is 11.8. The Morgan fingerprint density at radius 2 is 2.21 bits per heavy atom. The highest BCUT2D eigenvalue weighted by Crippen LogP contribution is 2.54. The molecule has 2 aliphatic rings. The molecule has 14 heavy (non-hydrogen) atoms. The van der Waals surface area contributed by atoms with E-state index in [0.29, 0.717) is 5.78 Å². The van der Waals surface area contributed by atoms with Gasteiger partial charge in [0.2, 0.25) is 0 Å². The van der Waals surface area contributed by atoms with E-state index in [9.17, 15) is 4.79 Å². The number of hydrogen-bond acceptors (Lipinski definition) is 1. The van der Waals surface area contributed by atoms with Crippen LogP contribution in [0, 0.1) is 11.3 Å². The molecule has 2 aliphatic carbocycles. The average Bonchev–Trinajstić information content (AvgIpc) is 2.70. The van der Waals surface area contributed by atoms with Crippen LogP contribution in [0.5, 0.6) is 0 Å². The second kappa shape index (κ2) is 4.04. The number of Topliss-reactive ketones (excluding diaryl/α,β-unsaturated/α-hetero) is 1. The van der Waals surface area contributed by atoms with Crippen LogP contribution < -0.4 is 0 Å². The highest BCUT2D eigenvalue weighted by Gasteiger charge is 2.50. The van der Waals surface area contributed by atoms with E-state index in [0.717, 1.165) is 12.3 Å². The van der Waals surface area contributed by atoms with Crippen LogP contribution in [0.3, 0.4) is 0 Å². The van der Waals surface area contributed by atoms with Gasteiger partial charge in [-0.2, -0.15) is 0 Å². The van der Waals surface area contributed by atoms with Crippen LogP contribution in [0.2, 0.25) is 0 Å². The molecule has 0 amide bonds. The van der Waals surface area contributed by atoms with Crippen molar-refractivity contribution in [1.82, 2.24) is 0 Å². The number of unbranched alkanes of at least 4 members (excludes halogenated alkanes) is 3. The molecule has 2 rings (SSSR count). The number of rotatable bonds is 5. The summed E-state index contributed by atoms with van der Waals surface area (Å²) in [4.78, 5) is 11.8. The Balaban J connectivity index is 1.81. The molecule has 0 heterocycles. The van der Waals surface area contributed by atoms with Crippen molar-refractivity contribution in [1.29, 1.82) is 0 Å². The van der Waals surface area contributed by atoms with E-state index in [-0.39, 0.29) is 5.41 Å². The van der Waals surface area contributed by atoms with Crippen molar-refractivity contribution in [2.45, 2.75) is 64.7 Å². The first-order valence-corrected chi connectivity index (χ1v) is 6.30. The fourth-order valence-corrected chi connectivity index (χ4v) is 3.40. The van der Waals surface area contributed by atoms with Gasteiger partial charge in [0.05, 0.1) is 0 Å². The lowest BCUT2D eigenvalue weighted by Crippen LogP contribution is -2.24. The molecular formula is C13H22O. The molecule has 2 fully saturated rings. The standard InChI is InChI=1S/C13H22O/c1-2-3-4-5-7-13-8-6-11(10-13)9-12(13)14/h11H,2-10H2,1H3. The summed E-state index contributed by atoms with van der Waals surface area (Å²) in [5.41, 5.74) is 0.179. The van der Waals surface area contributed by atoms with Gasteiger partial charge in [0.15, 0.2) is 0 Å². The molecule has 0 saturated heterocycles. The minimum Gasteiger partial charge on any atom is -0.299 e. The van der Waals surface area contributed by atoms with E-state index >= 15 is 0 Å². The Kier molecular flexibility index (Phi) is 2.94. The first-order valence-electron chi connectivity index (χ1n) is 6.30. The van der Waals surface area contributed by atoms with Crippen LogP contribution in [-0.2, 0) is 4.79 Å². The van der Waals surface area contributed by atoms with E-state index in [2.05, 4.69) is 6.92 Å². The summed E-state index contributed by atoms with van der Waals surface area (Å²) in [7, 11) is 0. The molecule has 2 saturated carbocycles. The van der Waals surface area contributed by atoms with Crippen LogP contribution in [0.25, 0.3) is 0 Å². The fourth-order valence-electron chi connectivity index (χ4n) is 3.40. The molecule has 0 aromatic heterocycles. The smallest absolute Gasteiger partial charge is 0.139 e. The lowest BCUT2D eigenvalue weighted by molar-refractivity contribution is -0.127. The van der Waals surface area contributed by atoms with Gasteiger partial charge in [0.1, 0.15) is 5.78 Å². The van der Waals surface area contributed by atoms with Crippen molar-refractivity contribution in [3.8, 4) is 0 Å². The van der Waals surface area contributed by atoms with Gasteiger partial charge in [-0.15, -0.1) is 0 Å². The van der Waals surface area contributed by atoms with Crippen LogP contribution in [0.1, 0.15) is 64.7 Å². The predicted octanol–water partition coefficient (Wildman–Crippen LogP) is 3.72. The number of carbonyl (C=O) groups excluding carboxylic acids is 1. The third kappa shape index (κ3) is 1.74. The van der Waals surface area contributed by atoms with Crippen LogP contribution in [0.4, 0.5) is 0 Å². The molecule has 0 aliphatic heterocycles. The van der Waals surface area contributed by atoms with Gasteiger partial charge < -0.3 is 0 Å². The number of fused-ring (bicyclic) bond motifs is 2. The summed E-state index contributed by atoms with van der Waals surface area (Å²) in [6.07, 6.45) is 11.1. The van der Waals surface area contributed by atoms with Gasteiger partial charge in [-0.25, -0.2) is 0 Å². The van der Waals surface area contributed by atoms with E-state index in [1.165, 1.54) is 51.4 Å². The topological polar surface area (TPSA) is 17.1 Å². The molecule has 2 unspecified atom stereocenters. The zero-order valence-electron chi connectivity index (χ0n) is 9.35. The lowest BCUT2D eigenvalue weighted by Gasteiger charge is -2.24. The first-order chi connectivity index (χ1) is 6.77. The minimum atomic E-state index is 0.179. The van der Waals surface area contributed by atoms with Gasteiger partial charge >= 0.3 is 0 Å². The summed E-state index contributed by atoms with van der Waals surface area (Å²) < 4.78 is 0. The first kappa shape index (κ1) is 10.2. The molecular weight excluding hydrogens is 172 g/mol. The van der Waals surface area contributed by atoms with Gasteiger partial charge in [-0.05, 0) is 31.6 Å². The van der Waals surface area contributed by atoms with E-state index < -0.39 is 0 Å². The number of ketones is 1. The maximum atomic E-state index is 11.8. The zero-order valence-corrected chi connectivity index (χ0v) is 9.35. The minimum absolute atomic E-state index is 0.179. The van der Waals surface area contributed by atoms with E-state index in [1.54, 1.807) is 0 Å². The molecule has 2 atom stereocenters. The Morgan fingerprint density at radius 3 is 2.79 bits per heavy atom. The van der Waals surface area contributed by atoms with Crippen LogP contribution >= 0.6 is 0 Å². The summed E-state index contributed by atoms with van der Waals surface area (Å²) >= 11 is 0. The largest absolute Gasteiger partial charge is 0.299 e.